The summed E-state index contributed by atoms with van der Waals surface area (Å²) in [6, 6.07) is 8.28. The predicted octanol–water partition coefficient (Wildman–Crippen LogP) is 3.90. The van der Waals surface area contributed by atoms with Crippen LogP contribution in [0, 0.1) is 24.5 Å². The summed E-state index contributed by atoms with van der Waals surface area (Å²) in [6.07, 6.45) is -0.432. The number of benzene rings is 2. The lowest BCUT2D eigenvalue weighted by Gasteiger charge is -2.50. The second-order valence-corrected chi connectivity index (χ2v) is 10.6. The summed E-state index contributed by atoms with van der Waals surface area (Å²) >= 11 is 0. The highest BCUT2D eigenvalue weighted by Crippen LogP contribution is 2.56. The number of ether oxygens (including phenoxy) is 2. The largest absolute Gasteiger partial charge is 0.490 e. The van der Waals surface area contributed by atoms with Gasteiger partial charge in [0.15, 0.2) is 21.4 Å². The number of aryl methyl sites for hydroxylation is 1. The van der Waals surface area contributed by atoms with Gasteiger partial charge in [-0.2, -0.15) is 0 Å². The van der Waals surface area contributed by atoms with Gasteiger partial charge in [0.05, 0.1) is 29.3 Å². The quantitative estimate of drug-likeness (QED) is 0.745. The molecule has 2 heterocycles. The smallest absolute Gasteiger partial charge is 0.189 e. The van der Waals surface area contributed by atoms with Crippen molar-refractivity contribution in [2.24, 2.45) is 5.92 Å². The zero-order valence-electron chi connectivity index (χ0n) is 17.5. The Bertz CT molecular complexity index is 1070. The Balaban J connectivity index is 1.95. The molecule has 2 aliphatic heterocycles. The first kappa shape index (κ1) is 22.2. The number of rotatable bonds is 5. The molecule has 0 aromatic heterocycles. The van der Waals surface area contributed by atoms with E-state index in [1.54, 1.807) is 19.1 Å². The van der Waals surface area contributed by atoms with Crippen LogP contribution in [0.4, 0.5) is 8.78 Å². The highest BCUT2D eigenvalue weighted by atomic mass is 32.2. The number of fused-ring (bicyclic) bond motifs is 3. The van der Waals surface area contributed by atoms with E-state index in [0.717, 1.165) is 17.7 Å². The van der Waals surface area contributed by atoms with Gasteiger partial charge in [0.1, 0.15) is 10.6 Å². The van der Waals surface area contributed by atoms with Crippen LogP contribution >= 0.6 is 0 Å². The minimum atomic E-state index is -4.15. The molecule has 2 aliphatic rings. The molecule has 0 amide bonds. The van der Waals surface area contributed by atoms with Gasteiger partial charge >= 0.3 is 0 Å². The minimum absolute atomic E-state index is 0.0181. The lowest BCUT2D eigenvalue weighted by Crippen LogP contribution is -2.57. The number of sulfone groups is 1. The monoisotopic (exact) mass is 452 g/mol. The van der Waals surface area contributed by atoms with Crippen molar-refractivity contribution in [3.63, 3.8) is 0 Å². The molecular weight excluding hydrogens is 426 g/mol. The van der Waals surface area contributed by atoms with E-state index >= 15 is 4.39 Å². The summed E-state index contributed by atoms with van der Waals surface area (Å²) in [7, 11) is -4.15. The number of hydrogen-bond donors (Lipinski definition) is 1. The van der Waals surface area contributed by atoms with Crippen molar-refractivity contribution >= 4 is 9.84 Å². The highest BCUT2D eigenvalue weighted by molar-refractivity contribution is 7.92. The van der Waals surface area contributed by atoms with E-state index in [2.05, 4.69) is 0 Å². The SMILES string of the molecule is Cc1ccc(S(=O)(=O)[C@@]23CCO[C@@H](CC[C@H](C)O)[C@@H]2COc2c(F)ccc(F)c23)cc1. The number of halogens is 2. The van der Waals surface area contributed by atoms with Crippen LogP contribution in [0.1, 0.15) is 37.3 Å². The van der Waals surface area contributed by atoms with E-state index < -0.39 is 44.3 Å². The van der Waals surface area contributed by atoms with Crippen molar-refractivity contribution in [2.75, 3.05) is 13.2 Å². The van der Waals surface area contributed by atoms with Crippen LogP contribution in [0.3, 0.4) is 0 Å². The predicted molar refractivity (Wildman–Crippen MR) is 111 cm³/mol. The Morgan fingerprint density at radius 2 is 1.84 bits per heavy atom. The number of hydrogen-bond acceptors (Lipinski definition) is 5. The van der Waals surface area contributed by atoms with Gasteiger partial charge in [-0.1, -0.05) is 17.7 Å². The zero-order valence-corrected chi connectivity index (χ0v) is 18.3. The molecule has 1 fully saturated rings. The fourth-order valence-corrected chi connectivity index (χ4v) is 7.19. The number of aliphatic hydroxyl groups is 1. The lowest BCUT2D eigenvalue weighted by molar-refractivity contribution is -0.0795. The molecule has 0 bridgehead atoms. The van der Waals surface area contributed by atoms with Gasteiger partial charge < -0.3 is 14.6 Å². The summed E-state index contributed by atoms with van der Waals surface area (Å²) in [4.78, 5) is 0.0517. The van der Waals surface area contributed by atoms with Crippen LogP contribution < -0.4 is 4.74 Å². The molecule has 1 N–H and O–H groups in total. The van der Waals surface area contributed by atoms with E-state index in [9.17, 15) is 17.9 Å². The third kappa shape index (κ3) is 3.54. The topological polar surface area (TPSA) is 72.8 Å². The van der Waals surface area contributed by atoms with Crippen molar-refractivity contribution in [2.45, 2.75) is 55.0 Å². The van der Waals surface area contributed by atoms with Crippen LogP contribution in [0.5, 0.6) is 5.75 Å². The summed E-state index contributed by atoms with van der Waals surface area (Å²) in [6.45, 7) is 3.43. The Labute approximate surface area is 180 Å². The van der Waals surface area contributed by atoms with Crippen molar-refractivity contribution in [1.82, 2.24) is 0 Å². The summed E-state index contributed by atoms with van der Waals surface area (Å²) in [5.41, 5.74) is 0.633. The third-order valence-corrected chi connectivity index (χ3v) is 8.98. The Kier molecular flexibility index (Phi) is 5.83. The Morgan fingerprint density at radius 1 is 1.16 bits per heavy atom. The van der Waals surface area contributed by atoms with Gasteiger partial charge in [0.25, 0.3) is 0 Å². The van der Waals surface area contributed by atoms with E-state index in [-0.39, 0.29) is 35.8 Å². The van der Waals surface area contributed by atoms with Gasteiger partial charge in [0, 0.05) is 12.5 Å². The van der Waals surface area contributed by atoms with E-state index in [1.807, 2.05) is 6.92 Å². The minimum Gasteiger partial charge on any atom is -0.490 e. The van der Waals surface area contributed by atoms with Crippen LogP contribution in [-0.2, 0) is 19.3 Å². The van der Waals surface area contributed by atoms with Crippen LogP contribution in [0.25, 0.3) is 0 Å². The molecule has 0 spiro atoms. The molecule has 0 unspecified atom stereocenters. The maximum absolute atomic E-state index is 15.2. The average molecular weight is 453 g/mol. The van der Waals surface area contributed by atoms with E-state index in [1.165, 1.54) is 12.1 Å². The van der Waals surface area contributed by atoms with Crippen molar-refractivity contribution in [3.8, 4) is 5.75 Å². The molecule has 4 atom stereocenters. The summed E-state index contributed by atoms with van der Waals surface area (Å²) in [5, 5.41) is 9.73. The fourth-order valence-electron chi connectivity index (χ4n) is 4.84. The Hall–Kier alpha value is -2.03. The molecule has 168 valence electrons. The molecule has 31 heavy (non-hydrogen) atoms. The molecular formula is C23H26F2O5S. The normalized spacial score (nSPS) is 26.5. The fraction of sp³-hybridized carbons (Fsp3) is 0.478. The van der Waals surface area contributed by atoms with E-state index in [4.69, 9.17) is 9.47 Å². The average Bonchev–Trinajstić information content (AvgIpc) is 2.74. The van der Waals surface area contributed by atoms with Gasteiger partial charge in [-0.15, -0.1) is 0 Å². The first-order valence-corrected chi connectivity index (χ1v) is 11.9. The molecule has 5 nitrogen and oxygen atoms in total. The standard InChI is InChI=1S/C23H26F2O5S/c1-14-3-6-16(7-4-14)31(27,28)23-11-12-29-20(10-5-15(2)26)17(23)13-30-22-19(25)9-8-18(24)21(22)23/h3-4,6-9,15,17,20,26H,5,10-13H2,1-2H3/t15-,17-,20-,23-/m0/s1. The molecule has 2 aromatic carbocycles. The zero-order chi connectivity index (χ0) is 22.4. The molecule has 4 rings (SSSR count). The molecule has 2 aromatic rings. The van der Waals surface area contributed by atoms with Gasteiger partial charge in [-0.25, -0.2) is 17.2 Å². The second-order valence-electron chi connectivity index (χ2n) is 8.44. The Morgan fingerprint density at radius 3 is 2.52 bits per heavy atom. The molecule has 0 radical (unpaired) electrons. The van der Waals surface area contributed by atoms with Gasteiger partial charge in [-0.3, -0.25) is 0 Å². The molecule has 1 saturated heterocycles. The summed E-state index contributed by atoms with van der Waals surface area (Å²) < 4.78 is 67.8. The first-order chi connectivity index (χ1) is 14.7. The van der Waals surface area contributed by atoms with Crippen LogP contribution in [0.2, 0.25) is 0 Å². The van der Waals surface area contributed by atoms with Crippen molar-refractivity contribution in [1.29, 1.82) is 0 Å². The van der Waals surface area contributed by atoms with Crippen molar-refractivity contribution in [3.05, 3.63) is 59.2 Å². The first-order valence-electron chi connectivity index (χ1n) is 10.4. The van der Waals surface area contributed by atoms with Gasteiger partial charge in [-0.05, 0) is 57.4 Å². The molecule has 8 heteroatoms. The third-order valence-electron chi connectivity index (χ3n) is 6.42. The van der Waals surface area contributed by atoms with E-state index in [0.29, 0.717) is 12.8 Å². The van der Waals surface area contributed by atoms with Crippen molar-refractivity contribution < 1.29 is 31.8 Å². The maximum Gasteiger partial charge on any atom is 0.189 e. The van der Waals surface area contributed by atoms with Gasteiger partial charge in [0.2, 0.25) is 0 Å². The lowest BCUT2D eigenvalue weighted by atomic mass is 9.74. The highest BCUT2D eigenvalue weighted by Gasteiger charge is 2.61. The summed E-state index contributed by atoms with van der Waals surface area (Å²) in [5.74, 6) is -2.70. The maximum atomic E-state index is 15.2. The van der Waals surface area contributed by atoms with Crippen LogP contribution in [-0.4, -0.2) is 38.9 Å². The second kappa shape index (κ2) is 8.15. The molecule has 0 aliphatic carbocycles. The number of aliphatic hydroxyl groups excluding tert-OH is 1. The van der Waals surface area contributed by atoms with Crippen LogP contribution in [0.15, 0.2) is 41.3 Å². The molecule has 0 saturated carbocycles.